The zero-order valence-electron chi connectivity index (χ0n) is 3.87. The predicted octanol–water partition coefficient (Wildman–Crippen LogP) is 1.25. The Morgan fingerprint density at radius 2 is 2.29 bits per heavy atom. The van der Waals surface area contributed by atoms with Gasteiger partial charge in [-0.3, -0.25) is 0 Å². The number of rotatable bonds is 2. The molecule has 4 nitrogen and oxygen atoms in total. The molecule has 7 heavy (non-hydrogen) atoms. The Hall–Kier alpha value is -0.200. The summed E-state index contributed by atoms with van der Waals surface area (Å²) in [6, 6.07) is 0. The molecule has 0 atom stereocenters. The summed E-state index contributed by atoms with van der Waals surface area (Å²) in [5.74, 6) is 0. The molecule has 0 aromatic carbocycles. The molecule has 0 amide bonds. The van der Waals surface area contributed by atoms with Crippen molar-refractivity contribution in [3.63, 3.8) is 0 Å². The second-order valence-corrected chi connectivity index (χ2v) is 2.16. The summed E-state index contributed by atoms with van der Waals surface area (Å²) in [4.78, 5) is 0. The van der Waals surface area contributed by atoms with Crippen molar-refractivity contribution in [2.75, 3.05) is 7.05 Å². The molecule has 0 saturated carbocycles. The zero-order chi connectivity index (χ0) is 5.70. The molecule has 0 bridgehead atoms. The Bertz CT molecular complexity index is 77.8. The quantitative estimate of drug-likeness (QED) is 0.223. The molecule has 0 spiro atoms. The van der Waals surface area contributed by atoms with E-state index in [2.05, 4.69) is 22.3 Å². The molecule has 0 aromatic rings. The summed E-state index contributed by atoms with van der Waals surface area (Å²) in [6.45, 7) is 3.09. The second-order valence-electron chi connectivity index (χ2n) is 0.765. The molecule has 0 radical (unpaired) electrons. The van der Waals surface area contributed by atoms with Gasteiger partial charge in [-0.05, 0) is 10.4 Å². The average molecular weight is 212 g/mol. The van der Waals surface area contributed by atoms with Gasteiger partial charge in [-0.25, -0.2) is 3.22 Å². The monoisotopic (exact) mass is 212 g/mol. The van der Waals surface area contributed by atoms with Crippen LogP contribution in [-0.2, 0) is 0 Å². The molecule has 0 aliphatic heterocycles. The van der Waals surface area contributed by atoms with Crippen LogP contribution < -0.4 is 0 Å². The van der Waals surface area contributed by atoms with E-state index in [0.29, 0.717) is 0 Å². The van der Waals surface area contributed by atoms with Gasteiger partial charge >= 0.3 is 0 Å². The summed E-state index contributed by atoms with van der Waals surface area (Å²) in [6.07, 6.45) is 0. The Kier molecular flexibility index (Phi) is 3.86. The first kappa shape index (κ1) is 6.80. The molecule has 40 valence electrons. The fourth-order valence-corrected chi connectivity index (χ4v) is 0.170. The van der Waals surface area contributed by atoms with Crippen molar-refractivity contribution >= 4 is 29.6 Å². The van der Waals surface area contributed by atoms with Gasteiger partial charge in [-0.2, -0.15) is 0 Å². The highest BCUT2D eigenvalue weighted by Gasteiger charge is 1.73. The standard InChI is InChI=1S/C2H5IN4/c1-4-5-6-7(2)3/h1H2,2H3/b6-5-. The highest BCUT2D eigenvalue weighted by Crippen LogP contribution is 1.92. The first-order valence-electron chi connectivity index (χ1n) is 1.53. The number of halogens is 1. The Morgan fingerprint density at radius 1 is 1.71 bits per heavy atom. The van der Waals surface area contributed by atoms with Gasteiger partial charge in [0, 0.05) is 13.8 Å². The third-order valence-corrected chi connectivity index (χ3v) is 0.419. The molecule has 0 saturated heterocycles. The van der Waals surface area contributed by atoms with Crippen LogP contribution in [0.1, 0.15) is 0 Å². The van der Waals surface area contributed by atoms with E-state index in [0.717, 1.165) is 0 Å². The molecule has 5 heteroatoms. The third-order valence-electron chi connectivity index (χ3n) is 0.226. The fraction of sp³-hybridized carbons (Fsp3) is 0.500. The first-order valence-corrected chi connectivity index (χ1v) is 2.50. The SMILES string of the molecule is C=N/N=N\N(C)I. The number of nitrogens with zero attached hydrogens (tertiary/aromatic N) is 4. The van der Waals surface area contributed by atoms with Crippen LogP contribution in [0.3, 0.4) is 0 Å². The van der Waals surface area contributed by atoms with Crippen LogP contribution in [0.5, 0.6) is 0 Å². The minimum atomic E-state index is 1.51. The van der Waals surface area contributed by atoms with E-state index in [9.17, 15) is 0 Å². The van der Waals surface area contributed by atoms with E-state index in [1.54, 1.807) is 7.05 Å². The van der Waals surface area contributed by atoms with Crippen molar-refractivity contribution in [3.05, 3.63) is 0 Å². The Balaban J connectivity index is 3.25. The molecule has 0 unspecified atom stereocenters. The predicted molar refractivity (Wildman–Crippen MR) is 36.2 cm³/mol. The van der Waals surface area contributed by atoms with Crippen LogP contribution in [0.25, 0.3) is 0 Å². The van der Waals surface area contributed by atoms with Gasteiger partial charge < -0.3 is 0 Å². The number of hydrogen-bond acceptors (Lipinski definition) is 2. The van der Waals surface area contributed by atoms with E-state index in [1.165, 1.54) is 3.22 Å². The Labute approximate surface area is 55.8 Å². The normalized spacial score (nSPS) is 9.43. The van der Waals surface area contributed by atoms with E-state index in [-0.39, 0.29) is 0 Å². The Morgan fingerprint density at radius 3 is 2.43 bits per heavy atom. The topological polar surface area (TPSA) is 40.3 Å². The molecule has 0 aliphatic carbocycles. The van der Waals surface area contributed by atoms with Gasteiger partial charge in [-0.1, -0.05) is 0 Å². The number of hydrogen-bond donors (Lipinski definition) is 0. The lowest BCUT2D eigenvalue weighted by Crippen LogP contribution is -1.87. The maximum Gasteiger partial charge on any atom is 0.0796 e. The molecule has 0 aromatic heterocycles. The van der Waals surface area contributed by atoms with E-state index in [1.807, 2.05) is 22.9 Å². The molecule has 0 N–H and O–H groups in total. The lowest BCUT2D eigenvalue weighted by atomic mass is 11.5. The van der Waals surface area contributed by atoms with Gasteiger partial charge in [-0.15, -0.1) is 5.10 Å². The first-order chi connectivity index (χ1) is 3.27. The largest absolute Gasteiger partial charge is 0.219 e. The lowest BCUT2D eigenvalue weighted by Gasteiger charge is -1.91. The lowest BCUT2D eigenvalue weighted by molar-refractivity contribution is 0.600. The van der Waals surface area contributed by atoms with Crippen LogP contribution >= 0.6 is 22.9 Å². The van der Waals surface area contributed by atoms with Gasteiger partial charge in [0.2, 0.25) is 0 Å². The van der Waals surface area contributed by atoms with E-state index in [4.69, 9.17) is 0 Å². The molecule has 0 rings (SSSR count). The average Bonchev–Trinajstić information content (AvgIpc) is 1.61. The van der Waals surface area contributed by atoms with Crippen molar-refractivity contribution in [1.29, 1.82) is 0 Å². The van der Waals surface area contributed by atoms with Crippen molar-refractivity contribution in [2.24, 2.45) is 15.5 Å². The molecule has 0 heterocycles. The van der Waals surface area contributed by atoms with Crippen LogP contribution in [0.4, 0.5) is 0 Å². The summed E-state index contributed by atoms with van der Waals surface area (Å²) in [5.41, 5.74) is 0. The van der Waals surface area contributed by atoms with Crippen LogP contribution in [-0.4, -0.2) is 17.0 Å². The molecule has 0 fully saturated rings. The molecule has 0 aliphatic rings. The summed E-state index contributed by atoms with van der Waals surface area (Å²) >= 11 is 1.95. The van der Waals surface area contributed by atoms with Crippen LogP contribution in [0.15, 0.2) is 15.5 Å². The van der Waals surface area contributed by atoms with E-state index < -0.39 is 0 Å². The maximum absolute atomic E-state index is 3.46. The summed E-state index contributed by atoms with van der Waals surface area (Å²) in [5, 5.41) is 9.83. The molecular formula is C2H5IN4. The van der Waals surface area contributed by atoms with Gasteiger partial charge in [0.05, 0.1) is 22.9 Å². The van der Waals surface area contributed by atoms with Crippen molar-refractivity contribution < 1.29 is 0 Å². The highest BCUT2D eigenvalue weighted by molar-refractivity contribution is 14.1. The zero-order valence-corrected chi connectivity index (χ0v) is 6.03. The van der Waals surface area contributed by atoms with E-state index >= 15 is 0 Å². The van der Waals surface area contributed by atoms with Crippen molar-refractivity contribution in [2.45, 2.75) is 0 Å². The minimum absolute atomic E-state index is 1.51. The minimum Gasteiger partial charge on any atom is -0.219 e. The van der Waals surface area contributed by atoms with Crippen LogP contribution in [0.2, 0.25) is 0 Å². The van der Waals surface area contributed by atoms with Crippen molar-refractivity contribution in [3.8, 4) is 0 Å². The molecular weight excluding hydrogens is 207 g/mol. The van der Waals surface area contributed by atoms with Gasteiger partial charge in [0.15, 0.2) is 0 Å². The van der Waals surface area contributed by atoms with Gasteiger partial charge in [0.1, 0.15) is 0 Å². The second kappa shape index (κ2) is 3.97. The van der Waals surface area contributed by atoms with Crippen molar-refractivity contribution in [1.82, 2.24) is 3.22 Å². The summed E-state index contributed by atoms with van der Waals surface area (Å²) in [7, 11) is 1.75. The van der Waals surface area contributed by atoms with Crippen LogP contribution in [0, 0.1) is 0 Å². The fourth-order valence-electron chi connectivity index (χ4n) is 0.0834. The highest BCUT2D eigenvalue weighted by atomic mass is 127. The smallest absolute Gasteiger partial charge is 0.0796 e. The third kappa shape index (κ3) is 5.80. The maximum atomic E-state index is 3.46. The summed E-state index contributed by atoms with van der Waals surface area (Å²) < 4.78 is 1.51. The van der Waals surface area contributed by atoms with Gasteiger partial charge in [0.25, 0.3) is 0 Å².